The zero-order valence-corrected chi connectivity index (χ0v) is 18.5. The molecule has 0 spiro atoms. The fourth-order valence-electron chi connectivity index (χ4n) is 4.17. The van der Waals surface area contributed by atoms with Gasteiger partial charge in [0.15, 0.2) is 0 Å². The minimum Gasteiger partial charge on any atom is -0.383 e. The number of carbonyl (C=O) groups excluding carboxylic acids is 1. The van der Waals surface area contributed by atoms with E-state index in [-0.39, 0.29) is 11.9 Å². The quantitative estimate of drug-likeness (QED) is 0.556. The topological polar surface area (TPSA) is 57.7 Å². The van der Waals surface area contributed by atoms with Gasteiger partial charge in [0.2, 0.25) is 0 Å². The molecule has 1 aromatic heterocycles. The van der Waals surface area contributed by atoms with E-state index in [1.165, 1.54) is 11.1 Å². The van der Waals surface area contributed by atoms with Gasteiger partial charge in [-0.1, -0.05) is 60.7 Å². The van der Waals surface area contributed by atoms with Crippen LogP contribution in [0, 0.1) is 0 Å². The molecule has 0 bridgehead atoms. The average molecular weight is 431 g/mol. The number of piperazine rings is 1. The van der Waals surface area contributed by atoms with Crippen molar-refractivity contribution in [3.05, 3.63) is 95.7 Å². The van der Waals surface area contributed by atoms with Gasteiger partial charge in [-0.3, -0.25) is 9.69 Å². The zero-order valence-electron chi connectivity index (χ0n) is 18.5. The SMILES string of the molecule is COCCNC(=O)c1ccc(N2CCN(C(c3ccccc3)c3ccccc3)CC2)nc1. The van der Waals surface area contributed by atoms with Crippen LogP contribution in [-0.4, -0.2) is 62.2 Å². The molecule has 4 rings (SSSR count). The van der Waals surface area contributed by atoms with E-state index in [1.54, 1.807) is 13.3 Å². The highest BCUT2D eigenvalue weighted by Crippen LogP contribution is 2.30. The third-order valence-electron chi connectivity index (χ3n) is 5.84. The maximum atomic E-state index is 12.2. The molecule has 1 aliphatic heterocycles. The monoisotopic (exact) mass is 430 g/mol. The van der Waals surface area contributed by atoms with Crippen LogP contribution >= 0.6 is 0 Å². The number of ether oxygens (including phenoxy) is 1. The van der Waals surface area contributed by atoms with E-state index in [9.17, 15) is 4.79 Å². The molecule has 1 N–H and O–H groups in total. The Balaban J connectivity index is 1.41. The summed E-state index contributed by atoms with van der Waals surface area (Å²) in [5.74, 6) is 0.786. The Morgan fingerprint density at radius 1 is 0.938 bits per heavy atom. The molecule has 2 aromatic carbocycles. The van der Waals surface area contributed by atoms with Crippen molar-refractivity contribution in [2.24, 2.45) is 0 Å². The first kappa shape index (κ1) is 22.0. The molecule has 1 fully saturated rings. The van der Waals surface area contributed by atoms with Crippen molar-refractivity contribution < 1.29 is 9.53 Å². The van der Waals surface area contributed by atoms with Crippen molar-refractivity contribution in [2.45, 2.75) is 6.04 Å². The summed E-state index contributed by atoms with van der Waals surface area (Å²) in [5, 5.41) is 2.82. The molecule has 0 saturated carbocycles. The number of carbonyl (C=O) groups is 1. The van der Waals surface area contributed by atoms with Gasteiger partial charge in [0.1, 0.15) is 5.82 Å². The molecule has 1 amide bonds. The molecule has 6 nitrogen and oxygen atoms in total. The van der Waals surface area contributed by atoms with Crippen LogP contribution in [0.5, 0.6) is 0 Å². The summed E-state index contributed by atoms with van der Waals surface area (Å²) >= 11 is 0. The molecule has 0 atom stereocenters. The normalized spacial score (nSPS) is 14.5. The Bertz CT molecular complexity index is 932. The number of anilines is 1. The summed E-state index contributed by atoms with van der Waals surface area (Å²) in [4.78, 5) is 21.5. The lowest BCUT2D eigenvalue weighted by Crippen LogP contribution is -2.48. The Kier molecular flexibility index (Phi) is 7.48. The van der Waals surface area contributed by atoms with Gasteiger partial charge in [-0.25, -0.2) is 4.98 Å². The molecular weight excluding hydrogens is 400 g/mol. The number of amides is 1. The predicted molar refractivity (Wildman–Crippen MR) is 127 cm³/mol. The summed E-state index contributed by atoms with van der Waals surface area (Å²) in [6.45, 7) is 4.65. The van der Waals surface area contributed by atoms with Gasteiger partial charge >= 0.3 is 0 Å². The molecule has 6 heteroatoms. The van der Waals surface area contributed by atoms with E-state index in [0.717, 1.165) is 32.0 Å². The van der Waals surface area contributed by atoms with Crippen LogP contribution in [0.2, 0.25) is 0 Å². The standard InChI is InChI=1S/C26H30N4O2/c1-32-19-14-27-26(31)23-12-13-24(28-20-23)29-15-17-30(18-16-29)25(21-8-4-2-5-9-21)22-10-6-3-7-11-22/h2-13,20,25H,14-19H2,1H3,(H,27,31). The molecule has 2 heterocycles. The molecule has 1 aliphatic rings. The van der Waals surface area contributed by atoms with E-state index in [4.69, 9.17) is 4.74 Å². The van der Waals surface area contributed by atoms with Crippen molar-refractivity contribution in [1.29, 1.82) is 0 Å². The zero-order chi connectivity index (χ0) is 22.2. The molecule has 1 saturated heterocycles. The Morgan fingerprint density at radius 2 is 1.56 bits per heavy atom. The second kappa shape index (κ2) is 10.9. The number of rotatable bonds is 8. The smallest absolute Gasteiger partial charge is 0.252 e. The Labute approximate surface area is 189 Å². The number of benzene rings is 2. The van der Waals surface area contributed by atoms with Gasteiger partial charge < -0.3 is 15.0 Å². The molecule has 0 radical (unpaired) electrons. The Hall–Kier alpha value is -3.22. The van der Waals surface area contributed by atoms with Crippen LogP contribution in [0.25, 0.3) is 0 Å². The van der Waals surface area contributed by atoms with Crippen LogP contribution in [0.3, 0.4) is 0 Å². The van der Waals surface area contributed by atoms with E-state index in [1.807, 2.05) is 12.1 Å². The van der Waals surface area contributed by atoms with Crippen molar-refractivity contribution >= 4 is 11.7 Å². The minimum absolute atomic E-state index is 0.125. The first-order valence-electron chi connectivity index (χ1n) is 11.1. The first-order chi connectivity index (χ1) is 15.8. The summed E-state index contributed by atoms with van der Waals surface area (Å²) < 4.78 is 4.97. The predicted octanol–water partition coefficient (Wildman–Crippen LogP) is 3.37. The number of hydrogen-bond acceptors (Lipinski definition) is 5. The summed E-state index contributed by atoms with van der Waals surface area (Å²) in [5.41, 5.74) is 3.19. The van der Waals surface area contributed by atoms with Crippen LogP contribution in [0.1, 0.15) is 27.5 Å². The molecular formula is C26H30N4O2. The lowest BCUT2D eigenvalue weighted by molar-refractivity contribution is 0.0936. The second-order valence-corrected chi connectivity index (χ2v) is 7.90. The second-order valence-electron chi connectivity index (χ2n) is 7.90. The third kappa shape index (κ3) is 5.33. The van der Waals surface area contributed by atoms with Crippen molar-refractivity contribution in [3.63, 3.8) is 0 Å². The molecule has 0 aliphatic carbocycles. The number of hydrogen-bond donors (Lipinski definition) is 1. The molecule has 32 heavy (non-hydrogen) atoms. The summed E-state index contributed by atoms with van der Waals surface area (Å²) in [6, 6.07) is 25.4. The fraction of sp³-hybridized carbons (Fsp3) is 0.308. The highest BCUT2D eigenvalue weighted by Gasteiger charge is 2.26. The lowest BCUT2D eigenvalue weighted by atomic mass is 9.96. The maximum Gasteiger partial charge on any atom is 0.252 e. The maximum absolute atomic E-state index is 12.2. The van der Waals surface area contributed by atoms with Gasteiger partial charge in [0.05, 0.1) is 18.2 Å². The number of nitrogens with zero attached hydrogens (tertiary/aromatic N) is 3. The molecule has 166 valence electrons. The average Bonchev–Trinajstić information content (AvgIpc) is 2.86. The van der Waals surface area contributed by atoms with Gasteiger partial charge in [-0.2, -0.15) is 0 Å². The largest absolute Gasteiger partial charge is 0.383 e. The van der Waals surface area contributed by atoms with Gasteiger partial charge in [-0.15, -0.1) is 0 Å². The van der Waals surface area contributed by atoms with Crippen LogP contribution in [0.15, 0.2) is 79.0 Å². The van der Waals surface area contributed by atoms with E-state index in [2.05, 4.69) is 80.8 Å². The van der Waals surface area contributed by atoms with Gasteiger partial charge in [0, 0.05) is 46.0 Å². The van der Waals surface area contributed by atoms with Crippen molar-refractivity contribution in [3.8, 4) is 0 Å². The fourth-order valence-corrected chi connectivity index (χ4v) is 4.17. The minimum atomic E-state index is -0.125. The van der Waals surface area contributed by atoms with E-state index >= 15 is 0 Å². The van der Waals surface area contributed by atoms with E-state index in [0.29, 0.717) is 18.7 Å². The highest BCUT2D eigenvalue weighted by molar-refractivity contribution is 5.94. The number of nitrogens with one attached hydrogen (secondary N) is 1. The van der Waals surface area contributed by atoms with Crippen LogP contribution in [0.4, 0.5) is 5.82 Å². The third-order valence-corrected chi connectivity index (χ3v) is 5.84. The summed E-state index contributed by atoms with van der Waals surface area (Å²) in [6.07, 6.45) is 1.65. The number of aromatic nitrogens is 1. The number of pyridine rings is 1. The summed E-state index contributed by atoms with van der Waals surface area (Å²) in [7, 11) is 1.62. The van der Waals surface area contributed by atoms with Gasteiger partial charge in [0.25, 0.3) is 5.91 Å². The van der Waals surface area contributed by atoms with Crippen molar-refractivity contribution in [2.75, 3.05) is 51.3 Å². The molecule has 3 aromatic rings. The van der Waals surface area contributed by atoms with E-state index < -0.39 is 0 Å². The van der Waals surface area contributed by atoms with Crippen LogP contribution < -0.4 is 10.2 Å². The van der Waals surface area contributed by atoms with Gasteiger partial charge in [-0.05, 0) is 23.3 Å². The number of methoxy groups -OCH3 is 1. The molecule has 0 unspecified atom stereocenters. The Morgan fingerprint density at radius 3 is 2.09 bits per heavy atom. The highest BCUT2D eigenvalue weighted by atomic mass is 16.5. The lowest BCUT2D eigenvalue weighted by Gasteiger charge is -2.40. The first-order valence-corrected chi connectivity index (χ1v) is 11.1. The van der Waals surface area contributed by atoms with Crippen molar-refractivity contribution in [1.82, 2.24) is 15.2 Å². The van der Waals surface area contributed by atoms with Crippen LogP contribution in [-0.2, 0) is 4.74 Å².